The molecular weight excluding hydrogens is 548 g/mol. The van der Waals surface area contributed by atoms with Crippen LogP contribution in [0.5, 0.6) is 0 Å². The molecule has 0 bridgehead atoms. The largest absolute Gasteiger partial charge is 0.461 e. The van der Waals surface area contributed by atoms with Crippen molar-refractivity contribution in [1.29, 1.82) is 0 Å². The standard InChI is InChI=1S/C31H40O11/c1-15-19(34)13-30(28(4,5)38)22(15)23(36)25(41-27(37)18-10-8-7-9-11-18)29(6)20(35)12-21-31(14-39-21,42-17(3)33)24(29)26(30)40-16(2)32/h7-11,19-21,23-26,34-36,38H,12-14H2,1-6H3/t19?,20?,21?,23?,24-,25?,26?,29+,30+,31-/m0/s1. The lowest BCUT2D eigenvalue weighted by Crippen LogP contribution is -2.79. The monoisotopic (exact) mass is 588 g/mol. The fraction of sp³-hybridized carbons (Fsp3) is 0.645. The normalized spacial score (nSPS) is 41.0. The van der Waals surface area contributed by atoms with Crippen molar-refractivity contribution < 1.29 is 53.8 Å². The van der Waals surface area contributed by atoms with E-state index in [-0.39, 0.29) is 30.6 Å². The molecule has 230 valence electrons. The number of carbonyl (C=O) groups is 3. The molecule has 42 heavy (non-hydrogen) atoms. The van der Waals surface area contributed by atoms with Gasteiger partial charge in [0.1, 0.15) is 24.4 Å². The zero-order valence-corrected chi connectivity index (χ0v) is 24.7. The van der Waals surface area contributed by atoms with Gasteiger partial charge in [-0.2, -0.15) is 0 Å². The summed E-state index contributed by atoms with van der Waals surface area (Å²) in [5.41, 5.74) is -5.82. The molecule has 5 rings (SSSR count). The van der Waals surface area contributed by atoms with E-state index < -0.39 is 82.5 Å². The first-order valence-corrected chi connectivity index (χ1v) is 14.2. The van der Waals surface area contributed by atoms with E-state index in [4.69, 9.17) is 18.9 Å². The van der Waals surface area contributed by atoms with Crippen LogP contribution >= 0.6 is 0 Å². The Kier molecular flexibility index (Phi) is 7.38. The summed E-state index contributed by atoms with van der Waals surface area (Å²) in [7, 11) is 0. The zero-order valence-electron chi connectivity index (χ0n) is 24.7. The van der Waals surface area contributed by atoms with Crippen LogP contribution < -0.4 is 0 Å². The minimum atomic E-state index is -1.75. The molecule has 1 aromatic carbocycles. The van der Waals surface area contributed by atoms with E-state index in [0.29, 0.717) is 5.57 Å². The van der Waals surface area contributed by atoms with Crippen LogP contribution in [0.15, 0.2) is 41.5 Å². The van der Waals surface area contributed by atoms with Gasteiger partial charge in [0.15, 0.2) is 5.60 Å². The SMILES string of the molecule is CC(=O)OC1[C@H]2[C@@](C)(C(O)CC3OC[C@]32OC(C)=O)C(OC(=O)c2ccccc2)C(O)C2=C(C)C(O)C[C@@]21C(C)(C)O. The maximum Gasteiger partial charge on any atom is 0.338 e. The first-order chi connectivity index (χ1) is 19.5. The highest BCUT2D eigenvalue weighted by Gasteiger charge is 2.79. The number of esters is 3. The van der Waals surface area contributed by atoms with E-state index in [2.05, 4.69) is 0 Å². The molecule has 11 heteroatoms. The maximum absolute atomic E-state index is 13.6. The van der Waals surface area contributed by atoms with Crippen molar-refractivity contribution in [2.75, 3.05) is 6.61 Å². The molecule has 11 nitrogen and oxygen atoms in total. The summed E-state index contributed by atoms with van der Waals surface area (Å²) in [5, 5.41) is 47.3. The molecule has 0 radical (unpaired) electrons. The summed E-state index contributed by atoms with van der Waals surface area (Å²) in [4.78, 5) is 39.0. The molecule has 0 amide bonds. The molecule has 1 aromatic rings. The van der Waals surface area contributed by atoms with Gasteiger partial charge in [-0.1, -0.05) is 25.1 Å². The average Bonchev–Trinajstić information content (AvgIpc) is 3.14. The molecule has 1 saturated heterocycles. The predicted molar refractivity (Wildman–Crippen MR) is 146 cm³/mol. The number of ether oxygens (including phenoxy) is 4. The Morgan fingerprint density at radius 1 is 1.00 bits per heavy atom. The lowest BCUT2D eigenvalue weighted by Gasteiger charge is -2.65. The molecule has 6 unspecified atom stereocenters. The third kappa shape index (κ3) is 4.16. The van der Waals surface area contributed by atoms with Gasteiger partial charge in [0, 0.05) is 25.7 Å². The van der Waals surface area contributed by atoms with Crippen molar-refractivity contribution >= 4 is 17.9 Å². The van der Waals surface area contributed by atoms with Gasteiger partial charge in [-0.25, -0.2) is 4.79 Å². The van der Waals surface area contributed by atoms with Crippen LogP contribution in [-0.4, -0.2) is 92.8 Å². The van der Waals surface area contributed by atoms with Crippen molar-refractivity contribution in [3.8, 4) is 0 Å². The van der Waals surface area contributed by atoms with Crippen LogP contribution in [0.2, 0.25) is 0 Å². The van der Waals surface area contributed by atoms with Crippen molar-refractivity contribution in [3.63, 3.8) is 0 Å². The number of fused-ring (bicyclic) bond motifs is 4. The Balaban J connectivity index is 1.84. The third-order valence-corrected chi connectivity index (χ3v) is 10.3. The third-order valence-electron chi connectivity index (χ3n) is 10.3. The number of aliphatic hydroxyl groups is 4. The molecule has 4 N–H and O–H groups in total. The zero-order chi connectivity index (χ0) is 31.0. The Morgan fingerprint density at radius 2 is 1.64 bits per heavy atom. The number of benzene rings is 1. The number of rotatable bonds is 5. The molecular formula is C31H40O11. The minimum absolute atomic E-state index is 0.0324. The van der Waals surface area contributed by atoms with Crippen molar-refractivity contribution in [2.24, 2.45) is 16.7 Å². The number of carbonyl (C=O) groups excluding carboxylic acids is 3. The minimum Gasteiger partial charge on any atom is -0.461 e. The Labute approximate surface area is 244 Å². The van der Waals surface area contributed by atoms with Gasteiger partial charge in [-0.3, -0.25) is 9.59 Å². The molecule has 2 saturated carbocycles. The first kappa shape index (κ1) is 30.6. The molecule has 3 fully saturated rings. The Bertz CT molecular complexity index is 1300. The van der Waals surface area contributed by atoms with Crippen LogP contribution in [0.1, 0.15) is 64.7 Å². The molecule has 1 aliphatic heterocycles. The van der Waals surface area contributed by atoms with Gasteiger partial charge in [-0.15, -0.1) is 0 Å². The molecule has 1 heterocycles. The predicted octanol–water partition coefficient (Wildman–Crippen LogP) is 1.44. The highest BCUT2D eigenvalue weighted by atomic mass is 16.6. The van der Waals surface area contributed by atoms with E-state index in [1.165, 1.54) is 27.7 Å². The summed E-state index contributed by atoms with van der Waals surface area (Å²) >= 11 is 0. The van der Waals surface area contributed by atoms with E-state index in [9.17, 15) is 34.8 Å². The van der Waals surface area contributed by atoms with Gasteiger partial charge in [0.2, 0.25) is 0 Å². The first-order valence-electron chi connectivity index (χ1n) is 14.2. The number of aliphatic hydroxyl groups excluding tert-OH is 3. The number of hydrogen-bond acceptors (Lipinski definition) is 11. The highest BCUT2D eigenvalue weighted by Crippen LogP contribution is 2.68. The molecule has 0 aromatic heterocycles. The average molecular weight is 589 g/mol. The maximum atomic E-state index is 13.6. The van der Waals surface area contributed by atoms with E-state index in [1.54, 1.807) is 44.2 Å². The van der Waals surface area contributed by atoms with Crippen LogP contribution in [0.25, 0.3) is 0 Å². The van der Waals surface area contributed by atoms with Crippen molar-refractivity contribution in [3.05, 3.63) is 47.0 Å². The molecule has 3 aliphatic carbocycles. The van der Waals surface area contributed by atoms with Crippen LogP contribution in [0, 0.1) is 16.7 Å². The summed E-state index contributed by atoms with van der Waals surface area (Å²) in [6, 6.07) is 8.13. The highest BCUT2D eigenvalue weighted by molar-refractivity contribution is 5.89. The Morgan fingerprint density at radius 3 is 2.17 bits per heavy atom. The second kappa shape index (κ2) is 10.1. The summed E-state index contributed by atoms with van der Waals surface area (Å²) in [6.07, 6.45) is -7.97. The molecule has 4 aliphatic rings. The van der Waals surface area contributed by atoms with E-state index in [1.807, 2.05) is 0 Å². The second-order valence-electron chi connectivity index (χ2n) is 13.0. The lowest BCUT2D eigenvalue weighted by molar-refractivity contribution is -0.351. The smallest absolute Gasteiger partial charge is 0.338 e. The fourth-order valence-corrected chi connectivity index (χ4v) is 8.35. The summed E-state index contributed by atoms with van der Waals surface area (Å²) in [6.45, 7) is 8.48. The van der Waals surface area contributed by atoms with Crippen LogP contribution in [-0.2, 0) is 28.5 Å². The molecule has 10 atom stereocenters. The lowest BCUT2D eigenvalue weighted by atomic mass is 9.49. The van der Waals surface area contributed by atoms with Crippen molar-refractivity contribution in [1.82, 2.24) is 0 Å². The Hall–Kier alpha value is -2.83. The van der Waals surface area contributed by atoms with E-state index in [0.717, 1.165) is 0 Å². The van der Waals surface area contributed by atoms with Crippen LogP contribution in [0.4, 0.5) is 0 Å². The van der Waals surface area contributed by atoms with Crippen LogP contribution in [0.3, 0.4) is 0 Å². The van der Waals surface area contributed by atoms with Gasteiger partial charge < -0.3 is 39.4 Å². The van der Waals surface area contributed by atoms with Gasteiger partial charge in [0.25, 0.3) is 0 Å². The van der Waals surface area contributed by atoms with E-state index >= 15 is 0 Å². The summed E-state index contributed by atoms with van der Waals surface area (Å²) in [5.74, 6) is -3.32. The van der Waals surface area contributed by atoms with Crippen molar-refractivity contribution in [2.45, 2.75) is 102 Å². The van der Waals surface area contributed by atoms with Gasteiger partial charge >= 0.3 is 17.9 Å². The quantitative estimate of drug-likeness (QED) is 0.223. The van der Waals surface area contributed by atoms with Gasteiger partial charge in [0.05, 0.1) is 41.3 Å². The fourth-order valence-electron chi connectivity index (χ4n) is 8.35. The summed E-state index contributed by atoms with van der Waals surface area (Å²) < 4.78 is 24.0. The number of hydrogen-bond donors (Lipinski definition) is 4. The second-order valence-corrected chi connectivity index (χ2v) is 13.0. The molecule has 0 spiro atoms. The van der Waals surface area contributed by atoms with Gasteiger partial charge in [-0.05, 0) is 50.5 Å². The topological polar surface area (TPSA) is 169 Å².